The zero-order valence-corrected chi connectivity index (χ0v) is 23.5. The van der Waals surface area contributed by atoms with Crippen molar-refractivity contribution in [3.63, 3.8) is 0 Å². The van der Waals surface area contributed by atoms with Crippen molar-refractivity contribution >= 4 is 15.1 Å². The summed E-state index contributed by atoms with van der Waals surface area (Å²) in [5, 5.41) is 0. The third kappa shape index (κ3) is 12.9. The van der Waals surface area contributed by atoms with Crippen LogP contribution in [0.5, 0.6) is 5.75 Å². The summed E-state index contributed by atoms with van der Waals surface area (Å²) in [6.45, 7) is 15.3. The first-order valence-electron chi connectivity index (χ1n) is 10.9. The van der Waals surface area contributed by atoms with E-state index >= 15 is 0 Å². The molecule has 0 heterocycles. The van der Waals surface area contributed by atoms with Crippen LogP contribution in [0.4, 0.5) is 0 Å². The molecule has 0 atom stereocenters. The van der Waals surface area contributed by atoms with Gasteiger partial charge in [0.1, 0.15) is 5.75 Å². The molecule has 0 aromatic heterocycles. The molecular formula is C29H38OSiTi-. The average molecular weight is 479 g/mol. The number of allylic oxidation sites excluding steroid dienone is 7. The fourth-order valence-electron chi connectivity index (χ4n) is 2.68. The monoisotopic (exact) mass is 478 g/mol. The molecule has 3 rings (SSSR count). The Bertz CT molecular complexity index is 868. The summed E-state index contributed by atoms with van der Waals surface area (Å²) < 4.78 is 5.72. The van der Waals surface area contributed by atoms with Crippen LogP contribution in [0.15, 0.2) is 96.3 Å². The maximum Gasteiger partial charge on any atom is 0.126 e. The van der Waals surface area contributed by atoms with Crippen LogP contribution in [0.1, 0.15) is 46.6 Å². The first-order chi connectivity index (χ1) is 14.8. The predicted octanol–water partition coefficient (Wildman–Crippen LogP) is 8.31. The average Bonchev–Trinajstić information content (AvgIpc) is 3.29. The molecule has 32 heavy (non-hydrogen) atoms. The van der Waals surface area contributed by atoms with Crippen LogP contribution in [0.3, 0.4) is 0 Å². The van der Waals surface area contributed by atoms with Crippen LogP contribution in [-0.2, 0) is 21.7 Å². The molecule has 2 aromatic carbocycles. The van der Waals surface area contributed by atoms with Crippen molar-refractivity contribution in [1.82, 2.24) is 0 Å². The minimum absolute atomic E-state index is 0. The first-order valence-corrected chi connectivity index (χ1v) is 13.2. The van der Waals surface area contributed by atoms with Crippen molar-refractivity contribution in [2.75, 3.05) is 0 Å². The van der Waals surface area contributed by atoms with E-state index in [1.807, 2.05) is 48.5 Å². The van der Waals surface area contributed by atoms with Gasteiger partial charge < -0.3 is 4.74 Å². The number of rotatable bonds is 4. The summed E-state index contributed by atoms with van der Waals surface area (Å²) in [4.78, 5) is 0. The first kappa shape index (κ1) is 30.1. The largest absolute Gasteiger partial charge is 0.464 e. The molecule has 0 bridgehead atoms. The molecule has 1 radical (unpaired) electrons. The molecule has 0 N–H and O–H groups in total. The Hall–Kier alpha value is -1.87. The molecule has 1 nitrogen and oxygen atoms in total. The summed E-state index contributed by atoms with van der Waals surface area (Å²) in [7, 11) is 0.750. The van der Waals surface area contributed by atoms with Gasteiger partial charge in [-0.25, -0.2) is 6.08 Å². The van der Waals surface area contributed by atoms with Gasteiger partial charge in [-0.3, -0.25) is 6.08 Å². The van der Waals surface area contributed by atoms with Gasteiger partial charge in [0, 0.05) is 36.8 Å². The second-order valence-electron chi connectivity index (χ2n) is 8.63. The van der Waals surface area contributed by atoms with E-state index < -0.39 is 0 Å². The van der Waals surface area contributed by atoms with E-state index in [1.165, 1.54) is 11.1 Å². The van der Waals surface area contributed by atoms with Gasteiger partial charge in [0.15, 0.2) is 0 Å². The van der Waals surface area contributed by atoms with E-state index in [-0.39, 0.29) is 21.7 Å². The maximum atomic E-state index is 5.72. The van der Waals surface area contributed by atoms with E-state index in [9.17, 15) is 0 Å². The van der Waals surface area contributed by atoms with Crippen molar-refractivity contribution in [1.29, 1.82) is 0 Å². The number of hydrogen-bond donors (Lipinski definition) is 0. The Morgan fingerprint density at radius 2 is 1.47 bits per heavy atom. The normalized spacial score (nSPS) is 12.2. The molecule has 1 aliphatic carbocycles. The third-order valence-corrected chi connectivity index (χ3v) is 4.18. The summed E-state index contributed by atoms with van der Waals surface area (Å²) in [5.74, 6) is 0.845. The maximum absolute atomic E-state index is 5.72. The van der Waals surface area contributed by atoms with Crippen molar-refractivity contribution in [3.05, 3.63) is 108 Å². The molecule has 0 unspecified atom stereocenters. The van der Waals surface area contributed by atoms with Crippen LogP contribution < -0.4 is 4.74 Å². The number of hydrogen-bond acceptors (Lipinski definition) is 1. The molecule has 2 aromatic rings. The Balaban J connectivity index is 0.000000620. The molecule has 0 saturated heterocycles. The second-order valence-corrected chi connectivity index (χ2v) is 9.79. The molecule has 0 aliphatic heterocycles. The molecule has 0 fully saturated rings. The van der Waals surface area contributed by atoms with Gasteiger partial charge in [-0.1, -0.05) is 99.5 Å². The van der Waals surface area contributed by atoms with E-state index in [4.69, 9.17) is 4.74 Å². The standard InChI is InChI=1S/C18H18O.C9H13.C2H7Si.Ti/c1-15(2)13-17(16-9-5-3-6-10-16)14-19-18-11-7-4-8-12-18;1-9(2,3)8-6-4-5-7-8;1-3-2;/h3-14H,1-2H3;6-7H,4H2,1-3H3;3H,1-2H3;/q;-1;;. The Kier molecular flexibility index (Phi) is 15.7. The minimum atomic E-state index is 0. The van der Waals surface area contributed by atoms with Crippen LogP contribution >= 0.6 is 0 Å². The zero-order chi connectivity index (χ0) is 23.1. The van der Waals surface area contributed by atoms with E-state index in [0.717, 1.165) is 32.8 Å². The third-order valence-electron chi connectivity index (χ3n) is 4.18. The number of ether oxygens (including phenoxy) is 1. The summed E-state index contributed by atoms with van der Waals surface area (Å²) in [5.41, 5.74) is 5.21. The molecule has 169 valence electrons. The van der Waals surface area contributed by atoms with Crippen LogP contribution in [-0.4, -0.2) is 9.52 Å². The Morgan fingerprint density at radius 1 is 0.938 bits per heavy atom. The molecule has 0 spiro atoms. The number of benzene rings is 2. The van der Waals surface area contributed by atoms with Gasteiger partial charge in [-0.05, 0) is 31.5 Å². The van der Waals surface area contributed by atoms with Crippen LogP contribution in [0, 0.1) is 11.5 Å². The SMILES string of the molecule is CC(C)(C)C1=CC[C-]=C1.CC(C)=CC(=COc1ccccc1)c1ccccc1.C[SiH]C.[Ti]. The predicted molar refractivity (Wildman–Crippen MR) is 140 cm³/mol. The van der Waals surface area contributed by atoms with Gasteiger partial charge in [0.05, 0.1) is 6.26 Å². The molecule has 0 saturated carbocycles. The van der Waals surface area contributed by atoms with Gasteiger partial charge in [-0.15, -0.1) is 6.42 Å². The molecule has 1 aliphatic rings. The smallest absolute Gasteiger partial charge is 0.126 e. The van der Waals surface area contributed by atoms with Gasteiger partial charge >= 0.3 is 0 Å². The Labute approximate surface area is 214 Å². The van der Waals surface area contributed by atoms with Crippen LogP contribution in [0.25, 0.3) is 5.57 Å². The van der Waals surface area contributed by atoms with Crippen molar-refractivity contribution < 1.29 is 26.5 Å². The molecule has 0 amide bonds. The van der Waals surface area contributed by atoms with E-state index in [1.54, 1.807) is 6.26 Å². The van der Waals surface area contributed by atoms with Gasteiger partial charge in [0.25, 0.3) is 0 Å². The summed E-state index contributed by atoms with van der Waals surface area (Å²) in [6, 6.07) is 20.0. The summed E-state index contributed by atoms with van der Waals surface area (Å²) in [6.07, 6.45) is 12.4. The quantitative estimate of drug-likeness (QED) is 0.186. The van der Waals surface area contributed by atoms with Gasteiger partial charge in [-0.2, -0.15) is 11.6 Å². The van der Waals surface area contributed by atoms with Crippen LogP contribution in [0.2, 0.25) is 13.1 Å². The fourth-order valence-corrected chi connectivity index (χ4v) is 2.68. The Morgan fingerprint density at radius 3 is 1.88 bits per heavy atom. The zero-order valence-electron chi connectivity index (χ0n) is 20.8. The second kappa shape index (κ2) is 16.7. The van der Waals surface area contributed by atoms with Crippen molar-refractivity contribution in [2.45, 2.75) is 54.1 Å². The van der Waals surface area contributed by atoms with Crippen molar-refractivity contribution in [3.8, 4) is 5.75 Å². The summed E-state index contributed by atoms with van der Waals surface area (Å²) >= 11 is 0. The fraction of sp³-hybridized carbons (Fsp3) is 0.310. The van der Waals surface area contributed by atoms with Crippen molar-refractivity contribution in [2.24, 2.45) is 5.41 Å². The van der Waals surface area contributed by atoms with E-state index in [2.05, 4.69) is 84.1 Å². The number of para-hydroxylation sites is 1. The topological polar surface area (TPSA) is 9.23 Å². The minimum Gasteiger partial charge on any atom is -0.464 e. The van der Waals surface area contributed by atoms with Gasteiger partial charge in [0.2, 0.25) is 0 Å². The molecular weight excluding hydrogens is 440 g/mol. The molecule has 3 heteroatoms. The van der Waals surface area contributed by atoms with E-state index in [0.29, 0.717) is 5.41 Å².